The number of nitrogens with zero attached hydrogens (tertiary/aromatic N) is 6. The van der Waals surface area contributed by atoms with Crippen molar-refractivity contribution >= 4 is 40.0 Å². The lowest BCUT2D eigenvalue weighted by Gasteiger charge is -2.16. The van der Waals surface area contributed by atoms with Crippen LogP contribution in [0.4, 0.5) is 5.69 Å². The molecule has 0 fully saturated rings. The van der Waals surface area contributed by atoms with Gasteiger partial charge in [0.25, 0.3) is 11.7 Å². The average molecular weight is 391 g/mol. The molecule has 0 atom stereocenters. The Kier molecular flexibility index (Phi) is 3.90. The van der Waals surface area contributed by atoms with E-state index >= 15 is 0 Å². The number of carbonyl (C=O) groups excluding carboxylic acids is 1. The van der Waals surface area contributed by atoms with Gasteiger partial charge < -0.3 is 10.2 Å². The number of nitrogens with one attached hydrogen (secondary N) is 1. The Bertz CT molecular complexity index is 1160. The maximum absolute atomic E-state index is 12.6. The molecule has 0 bridgehead atoms. The first-order valence-corrected chi connectivity index (χ1v) is 9.78. The van der Waals surface area contributed by atoms with Crippen LogP contribution in [0.3, 0.4) is 0 Å². The molecule has 5 rings (SSSR count). The number of benzene rings is 1. The molecule has 2 aliphatic heterocycles. The second kappa shape index (κ2) is 6.45. The molecule has 1 aromatic carbocycles. The Morgan fingerprint density at radius 3 is 2.82 bits per heavy atom. The molecule has 2 aromatic heterocycles. The Balaban J connectivity index is 1.34. The minimum Gasteiger partial charge on any atom is -0.319 e. The van der Waals surface area contributed by atoms with Gasteiger partial charge in [0, 0.05) is 29.0 Å². The lowest BCUT2D eigenvalue weighted by atomic mass is 10.1. The van der Waals surface area contributed by atoms with Gasteiger partial charge in [-0.05, 0) is 37.6 Å². The summed E-state index contributed by atoms with van der Waals surface area (Å²) in [7, 11) is 0. The number of rotatable bonds is 3. The molecule has 3 aromatic rings. The van der Waals surface area contributed by atoms with Crippen molar-refractivity contribution in [2.24, 2.45) is 4.99 Å². The molecular weight excluding hydrogens is 374 g/mol. The number of anilines is 1. The van der Waals surface area contributed by atoms with Gasteiger partial charge in [-0.1, -0.05) is 23.9 Å². The van der Waals surface area contributed by atoms with Crippen LogP contribution in [0.1, 0.15) is 27.6 Å². The monoisotopic (exact) mass is 391 g/mol. The molecule has 0 aliphatic carbocycles. The highest BCUT2D eigenvalue weighted by molar-refractivity contribution is 8.16. The van der Waals surface area contributed by atoms with Gasteiger partial charge in [-0.15, -0.1) is 5.10 Å². The highest BCUT2D eigenvalue weighted by Gasteiger charge is 2.27. The third-order valence-electron chi connectivity index (χ3n) is 4.63. The number of amides is 1. The van der Waals surface area contributed by atoms with Gasteiger partial charge in [-0.2, -0.15) is 4.98 Å². The zero-order valence-corrected chi connectivity index (χ0v) is 16.2. The molecule has 1 N–H and O–H groups in total. The van der Waals surface area contributed by atoms with Crippen LogP contribution in [-0.4, -0.2) is 48.6 Å². The number of hydrogen-bond donors (Lipinski definition) is 1. The second-order valence-electron chi connectivity index (χ2n) is 6.65. The van der Waals surface area contributed by atoms with E-state index in [-0.39, 0.29) is 11.7 Å². The zero-order valence-electron chi connectivity index (χ0n) is 15.4. The first-order chi connectivity index (χ1) is 13.6. The molecule has 140 valence electrons. The number of amidine groups is 1. The fourth-order valence-corrected chi connectivity index (χ4v) is 4.28. The van der Waals surface area contributed by atoms with Gasteiger partial charge >= 0.3 is 0 Å². The molecule has 28 heavy (non-hydrogen) atoms. The van der Waals surface area contributed by atoms with E-state index in [0.29, 0.717) is 11.5 Å². The van der Waals surface area contributed by atoms with Crippen molar-refractivity contribution in [1.29, 1.82) is 0 Å². The van der Waals surface area contributed by atoms with Crippen LogP contribution >= 0.6 is 11.8 Å². The lowest BCUT2D eigenvalue weighted by Crippen LogP contribution is -2.19. The first kappa shape index (κ1) is 16.9. The van der Waals surface area contributed by atoms with E-state index in [9.17, 15) is 4.79 Å². The molecule has 8 nitrogen and oxygen atoms in total. The normalized spacial score (nSPS) is 15.6. The Morgan fingerprint density at radius 1 is 1.18 bits per heavy atom. The van der Waals surface area contributed by atoms with Crippen molar-refractivity contribution in [2.75, 3.05) is 18.4 Å². The molecule has 0 radical (unpaired) electrons. The van der Waals surface area contributed by atoms with Gasteiger partial charge in [0.1, 0.15) is 0 Å². The van der Waals surface area contributed by atoms with Gasteiger partial charge in [0.2, 0.25) is 5.82 Å². The van der Waals surface area contributed by atoms with Crippen LogP contribution < -0.4 is 5.32 Å². The number of fused-ring (bicyclic) bond motifs is 2. The molecule has 0 unspecified atom stereocenters. The van der Waals surface area contributed by atoms with Crippen LogP contribution in [0.25, 0.3) is 11.5 Å². The molecule has 2 aliphatic rings. The number of thioether (sulfide) groups is 1. The molecule has 0 saturated heterocycles. The summed E-state index contributed by atoms with van der Waals surface area (Å²) in [5, 5.41) is 10.3. The van der Waals surface area contributed by atoms with E-state index in [0.717, 1.165) is 40.9 Å². The third kappa shape index (κ3) is 2.84. The molecule has 0 saturated carbocycles. The summed E-state index contributed by atoms with van der Waals surface area (Å²) in [6, 6.07) is 9.65. The number of aromatic nitrogens is 4. The third-order valence-corrected chi connectivity index (χ3v) is 5.53. The van der Waals surface area contributed by atoms with E-state index in [4.69, 9.17) is 0 Å². The summed E-state index contributed by atoms with van der Waals surface area (Å²) in [5.74, 6) is 0.157. The maximum atomic E-state index is 12.6. The standard InChI is InChI=1S/C19H17N7OS/c1-11-9-12(2)26-18(21-11)23-16(24-26)17(27)22-14-5-3-13(4-6-14)15-10-28-19-20-7-8-25(15)19/h3-6,9-10H,7-8H2,1-2H3,(H,22,27). The van der Waals surface area contributed by atoms with Gasteiger partial charge in [0.05, 0.1) is 12.2 Å². The number of carbonyl (C=O) groups is 1. The van der Waals surface area contributed by atoms with Crippen molar-refractivity contribution in [1.82, 2.24) is 24.5 Å². The van der Waals surface area contributed by atoms with Crippen molar-refractivity contribution in [3.63, 3.8) is 0 Å². The quantitative estimate of drug-likeness (QED) is 0.739. The predicted octanol–water partition coefficient (Wildman–Crippen LogP) is 2.71. The SMILES string of the molecule is Cc1cc(C)n2nc(C(=O)Nc3ccc(C4=CSC5=NCCN45)cc3)nc2n1. The highest BCUT2D eigenvalue weighted by atomic mass is 32.2. The topological polar surface area (TPSA) is 87.8 Å². The zero-order chi connectivity index (χ0) is 19.3. The largest absolute Gasteiger partial charge is 0.319 e. The highest BCUT2D eigenvalue weighted by Crippen LogP contribution is 2.35. The summed E-state index contributed by atoms with van der Waals surface area (Å²) >= 11 is 1.65. The van der Waals surface area contributed by atoms with Crippen LogP contribution in [0.5, 0.6) is 0 Å². The van der Waals surface area contributed by atoms with E-state index in [2.05, 4.69) is 35.7 Å². The van der Waals surface area contributed by atoms with E-state index in [1.54, 1.807) is 16.3 Å². The smallest absolute Gasteiger partial charge is 0.295 e. The summed E-state index contributed by atoms with van der Waals surface area (Å²) in [4.78, 5) is 27.8. The lowest BCUT2D eigenvalue weighted by molar-refractivity contribution is 0.101. The average Bonchev–Trinajstić information content (AvgIpc) is 3.37. The van der Waals surface area contributed by atoms with Gasteiger partial charge in [0.15, 0.2) is 5.17 Å². The van der Waals surface area contributed by atoms with E-state index < -0.39 is 0 Å². The summed E-state index contributed by atoms with van der Waals surface area (Å²) in [6.45, 7) is 5.55. The van der Waals surface area contributed by atoms with Crippen LogP contribution in [-0.2, 0) is 0 Å². The first-order valence-electron chi connectivity index (χ1n) is 8.90. The molecular formula is C19H17N7OS. The van der Waals surface area contributed by atoms with Crippen molar-refractivity contribution in [2.45, 2.75) is 13.8 Å². The summed E-state index contributed by atoms with van der Waals surface area (Å²) in [6.07, 6.45) is 0. The molecule has 4 heterocycles. The molecule has 9 heteroatoms. The van der Waals surface area contributed by atoms with E-state index in [1.165, 1.54) is 0 Å². The fraction of sp³-hybridized carbons (Fsp3) is 0.211. The summed E-state index contributed by atoms with van der Waals surface area (Å²) < 4.78 is 1.57. The van der Waals surface area contributed by atoms with Crippen LogP contribution in [0, 0.1) is 13.8 Å². The van der Waals surface area contributed by atoms with E-state index in [1.807, 2.05) is 44.2 Å². The predicted molar refractivity (Wildman–Crippen MR) is 109 cm³/mol. The number of aryl methyl sites for hydroxylation is 2. The minimum absolute atomic E-state index is 0.0955. The van der Waals surface area contributed by atoms with Crippen LogP contribution in [0.15, 0.2) is 40.7 Å². The minimum atomic E-state index is -0.361. The number of hydrogen-bond acceptors (Lipinski definition) is 7. The van der Waals surface area contributed by atoms with Gasteiger partial charge in [-0.25, -0.2) is 9.50 Å². The Hall–Kier alpha value is -3.20. The van der Waals surface area contributed by atoms with Gasteiger partial charge in [-0.3, -0.25) is 9.79 Å². The van der Waals surface area contributed by atoms with Crippen molar-refractivity contribution < 1.29 is 4.79 Å². The fourth-order valence-electron chi connectivity index (χ4n) is 3.32. The second-order valence-corrected chi connectivity index (χ2v) is 7.49. The van der Waals surface area contributed by atoms with Crippen molar-refractivity contribution in [3.8, 4) is 0 Å². The number of aliphatic imine (C=N–C) groups is 1. The molecule has 0 spiro atoms. The Morgan fingerprint density at radius 2 is 2.00 bits per heavy atom. The maximum Gasteiger partial charge on any atom is 0.295 e. The Labute approximate surface area is 165 Å². The summed E-state index contributed by atoms with van der Waals surface area (Å²) in [5.41, 5.74) is 4.66. The molecule has 1 amide bonds. The van der Waals surface area contributed by atoms with Crippen LogP contribution in [0.2, 0.25) is 0 Å². The van der Waals surface area contributed by atoms with Crippen molar-refractivity contribution in [3.05, 3.63) is 58.5 Å².